The zero-order valence-corrected chi connectivity index (χ0v) is 12.6. The number of aromatic nitrogens is 2. The van der Waals surface area contributed by atoms with Crippen LogP contribution in [0.5, 0.6) is 0 Å². The Balaban J connectivity index is 1.65. The first-order valence-electron chi connectivity index (χ1n) is 7.62. The molecule has 3 rings (SSSR count). The average molecular weight is 300 g/mol. The van der Waals surface area contributed by atoms with Gasteiger partial charge in [-0.2, -0.15) is 0 Å². The van der Waals surface area contributed by atoms with E-state index in [1.807, 2.05) is 4.90 Å². The molecule has 1 aromatic heterocycles. The van der Waals surface area contributed by atoms with Crippen molar-refractivity contribution in [2.75, 3.05) is 26.2 Å². The van der Waals surface area contributed by atoms with Gasteiger partial charge in [0.2, 0.25) is 5.91 Å². The van der Waals surface area contributed by atoms with Crippen LogP contribution in [0.3, 0.4) is 0 Å². The largest absolute Gasteiger partial charge is 0.338 e. The van der Waals surface area contributed by atoms with E-state index >= 15 is 0 Å². The molecular weight excluding hydrogens is 280 g/mol. The van der Waals surface area contributed by atoms with E-state index in [0.717, 1.165) is 25.8 Å². The van der Waals surface area contributed by atoms with Gasteiger partial charge in [-0.15, -0.1) is 6.58 Å². The van der Waals surface area contributed by atoms with E-state index < -0.39 is 0 Å². The second-order valence-electron chi connectivity index (χ2n) is 5.95. The molecule has 2 amide bonds. The number of amides is 2. The van der Waals surface area contributed by atoms with Crippen LogP contribution < -0.4 is 0 Å². The summed E-state index contributed by atoms with van der Waals surface area (Å²) < 4.78 is 0. The Morgan fingerprint density at radius 2 is 2.00 bits per heavy atom. The molecule has 0 atom stereocenters. The Hall–Kier alpha value is -2.24. The molecule has 0 aliphatic carbocycles. The minimum Gasteiger partial charge on any atom is -0.338 e. The second kappa shape index (κ2) is 5.87. The van der Waals surface area contributed by atoms with Gasteiger partial charge in [0.05, 0.1) is 11.6 Å². The normalized spacial score (nSPS) is 20.5. The molecule has 0 radical (unpaired) electrons. The molecule has 0 aromatic carbocycles. The molecule has 3 heterocycles. The highest BCUT2D eigenvalue weighted by Crippen LogP contribution is 2.41. The SMILES string of the molecule is C=CCN1CCC2(CCN(C(=O)c3cnccn3)CC2)C1=O. The van der Waals surface area contributed by atoms with Crippen molar-refractivity contribution in [2.24, 2.45) is 5.41 Å². The Morgan fingerprint density at radius 3 is 2.64 bits per heavy atom. The molecule has 2 aliphatic rings. The lowest BCUT2D eigenvalue weighted by atomic mass is 9.77. The van der Waals surface area contributed by atoms with Crippen molar-refractivity contribution in [3.63, 3.8) is 0 Å². The molecule has 0 N–H and O–H groups in total. The fourth-order valence-corrected chi connectivity index (χ4v) is 3.40. The van der Waals surface area contributed by atoms with E-state index in [-0.39, 0.29) is 17.2 Å². The third-order valence-corrected chi connectivity index (χ3v) is 4.74. The monoisotopic (exact) mass is 300 g/mol. The number of carbonyl (C=O) groups excluding carboxylic acids is 2. The van der Waals surface area contributed by atoms with Gasteiger partial charge in [-0.25, -0.2) is 4.98 Å². The lowest BCUT2D eigenvalue weighted by Crippen LogP contribution is -2.46. The van der Waals surface area contributed by atoms with Gasteiger partial charge in [-0.3, -0.25) is 14.6 Å². The van der Waals surface area contributed by atoms with Gasteiger partial charge in [0.15, 0.2) is 0 Å². The predicted octanol–water partition coefficient (Wildman–Crippen LogP) is 1.12. The summed E-state index contributed by atoms with van der Waals surface area (Å²) >= 11 is 0. The Kier molecular flexibility index (Phi) is 3.92. The first-order chi connectivity index (χ1) is 10.7. The van der Waals surface area contributed by atoms with Crippen LogP contribution in [0.4, 0.5) is 0 Å². The van der Waals surface area contributed by atoms with Gasteiger partial charge in [-0.1, -0.05) is 6.08 Å². The van der Waals surface area contributed by atoms with Gasteiger partial charge in [-0.05, 0) is 19.3 Å². The molecule has 2 aliphatic heterocycles. The first-order valence-corrected chi connectivity index (χ1v) is 7.62. The van der Waals surface area contributed by atoms with Gasteiger partial charge in [0.1, 0.15) is 5.69 Å². The van der Waals surface area contributed by atoms with Crippen molar-refractivity contribution < 1.29 is 9.59 Å². The molecule has 2 fully saturated rings. The molecule has 116 valence electrons. The summed E-state index contributed by atoms with van der Waals surface area (Å²) in [5.41, 5.74) is 0.0896. The van der Waals surface area contributed by atoms with E-state index in [1.54, 1.807) is 17.2 Å². The maximum absolute atomic E-state index is 12.6. The molecular formula is C16H20N4O2. The lowest BCUT2D eigenvalue weighted by molar-refractivity contribution is -0.137. The van der Waals surface area contributed by atoms with E-state index in [2.05, 4.69) is 16.5 Å². The first kappa shape index (κ1) is 14.7. The summed E-state index contributed by atoms with van der Waals surface area (Å²) in [7, 11) is 0. The molecule has 22 heavy (non-hydrogen) atoms. The second-order valence-corrected chi connectivity index (χ2v) is 5.95. The molecule has 0 unspecified atom stereocenters. The van der Waals surface area contributed by atoms with Crippen molar-refractivity contribution in [1.82, 2.24) is 19.8 Å². The van der Waals surface area contributed by atoms with Crippen LogP contribution >= 0.6 is 0 Å². The number of nitrogens with zero attached hydrogens (tertiary/aromatic N) is 4. The van der Waals surface area contributed by atoms with Crippen LogP contribution in [0.15, 0.2) is 31.2 Å². The van der Waals surface area contributed by atoms with Crippen molar-refractivity contribution in [3.8, 4) is 0 Å². The summed E-state index contributed by atoms with van der Waals surface area (Å²) in [6, 6.07) is 0. The van der Waals surface area contributed by atoms with E-state index in [9.17, 15) is 9.59 Å². The van der Waals surface area contributed by atoms with Gasteiger partial charge in [0.25, 0.3) is 5.91 Å². The Labute approximate surface area is 129 Å². The van der Waals surface area contributed by atoms with Crippen LogP contribution in [0.1, 0.15) is 29.8 Å². The number of carbonyl (C=O) groups is 2. The Morgan fingerprint density at radius 1 is 1.27 bits per heavy atom. The lowest BCUT2D eigenvalue weighted by Gasteiger charge is -2.37. The summed E-state index contributed by atoms with van der Waals surface area (Å²) in [6.07, 6.45) is 8.66. The van der Waals surface area contributed by atoms with Crippen molar-refractivity contribution in [3.05, 3.63) is 36.9 Å². The van der Waals surface area contributed by atoms with Crippen LogP contribution in [-0.2, 0) is 4.79 Å². The molecule has 1 spiro atoms. The van der Waals surface area contributed by atoms with Gasteiger partial charge in [0, 0.05) is 38.6 Å². The number of piperidine rings is 1. The maximum Gasteiger partial charge on any atom is 0.274 e. The van der Waals surface area contributed by atoms with E-state index in [1.165, 1.54) is 12.4 Å². The Bertz CT molecular complexity index is 579. The summed E-state index contributed by atoms with van der Waals surface area (Å²) in [5, 5.41) is 0. The fraction of sp³-hybridized carbons (Fsp3) is 0.500. The predicted molar refractivity (Wildman–Crippen MR) is 81.0 cm³/mol. The molecule has 0 saturated carbocycles. The summed E-state index contributed by atoms with van der Waals surface area (Å²) in [4.78, 5) is 36.6. The smallest absolute Gasteiger partial charge is 0.274 e. The topological polar surface area (TPSA) is 66.4 Å². The molecule has 6 nitrogen and oxygen atoms in total. The van der Waals surface area contributed by atoms with Crippen molar-refractivity contribution >= 4 is 11.8 Å². The zero-order chi connectivity index (χ0) is 15.6. The summed E-state index contributed by atoms with van der Waals surface area (Å²) in [6.45, 7) is 6.31. The molecule has 2 saturated heterocycles. The fourth-order valence-electron chi connectivity index (χ4n) is 3.40. The highest BCUT2D eigenvalue weighted by atomic mass is 16.2. The minimum atomic E-state index is -0.276. The highest BCUT2D eigenvalue weighted by Gasteiger charge is 2.48. The summed E-state index contributed by atoms with van der Waals surface area (Å²) in [5.74, 6) is 0.121. The maximum atomic E-state index is 12.6. The van der Waals surface area contributed by atoms with Crippen LogP contribution in [0, 0.1) is 5.41 Å². The number of hydrogen-bond acceptors (Lipinski definition) is 4. The molecule has 1 aromatic rings. The minimum absolute atomic E-state index is 0.101. The number of rotatable bonds is 3. The average Bonchev–Trinajstić information content (AvgIpc) is 2.86. The highest BCUT2D eigenvalue weighted by molar-refractivity contribution is 5.92. The van der Waals surface area contributed by atoms with Crippen LogP contribution in [0.25, 0.3) is 0 Å². The van der Waals surface area contributed by atoms with Gasteiger partial charge >= 0.3 is 0 Å². The van der Waals surface area contributed by atoms with E-state index in [4.69, 9.17) is 0 Å². The third kappa shape index (κ3) is 2.49. The number of hydrogen-bond donors (Lipinski definition) is 0. The van der Waals surface area contributed by atoms with Crippen molar-refractivity contribution in [2.45, 2.75) is 19.3 Å². The van der Waals surface area contributed by atoms with E-state index in [0.29, 0.717) is 25.3 Å². The molecule has 6 heteroatoms. The standard InChI is InChI=1S/C16H20N4O2/c1-2-8-20-11-5-16(15(20)22)3-9-19(10-4-16)14(21)13-12-17-6-7-18-13/h2,6-7,12H,1,3-5,8-11H2. The zero-order valence-electron chi connectivity index (χ0n) is 12.6. The van der Waals surface area contributed by atoms with Crippen molar-refractivity contribution in [1.29, 1.82) is 0 Å². The third-order valence-electron chi connectivity index (χ3n) is 4.74. The van der Waals surface area contributed by atoms with Crippen LogP contribution in [-0.4, -0.2) is 57.8 Å². The number of likely N-dealkylation sites (tertiary alicyclic amines) is 2. The quantitative estimate of drug-likeness (QED) is 0.785. The van der Waals surface area contributed by atoms with Crippen LogP contribution in [0.2, 0.25) is 0 Å². The molecule has 0 bridgehead atoms. The van der Waals surface area contributed by atoms with Gasteiger partial charge < -0.3 is 9.80 Å².